The fraction of sp³-hybridized carbons (Fsp3) is 0.214. The van der Waals surface area contributed by atoms with Crippen molar-refractivity contribution >= 4 is 16.7 Å². The SMILES string of the molecule is O=C(NCCC(F)(F)F)c1ccc(F)c2ccccc12. The van der Waals surface area contributed by atoms with E-state index >= 15 is 0 Å². The lowest BCUT2D eigenvalue weighted by Crippen LogP contribution is -2.28. The summed E-state index contributed by atoms with van der Waals surface area (Å²) in [5.41, 5.74) is 0.157. The first kappa shape index (κ1) is 14.3. The van der Waals surface area contributed by atoms with Crippen LogP contribution in [0.3, 0.4) is 0 Å². The van der Waals surface area contributed by atoms with E-state index in [-0.39, 0.29) is 10.9 Å². The predicted octanol–water partition coefficient (Wildman–Crippen LogP) is 3.66. The van der Waals surface area contributed by atoms with Crippen LogP contribution in [0.2, 0.25) is 0 Å². The second kappa shape index (κ2) is 5.48. The molecule has 0 unspecified atom stereocenters. The normalized spacial score (nSPS) is 11.6. The molecule has 106 valence electrons. The number of carbonyl (C=O) groups is 1. The van der Waals surface area contributed by atoms with E-state index in [9.17, 15) is 22.4 Å². The molecule has 2 rings (SSSR count). The van der Waals surface area contributed by atoms with Gasteiger partial charge in [0.05, 0.1) is 6.42 Å². The van der Waals surface area contributed by atoms with Gasteiger partial charge in [0.25, 0.3) is 5.91 Å². The quantitative estimate of drug-likeness (QED) is 0.857. The molecule has 0 saturated carbocycles. The van der Waals surface area contributed by atoms with Crippen LogP contribution in [0.25, 0.3) is 10.8 Å². The minimum Gasteiger partial charge on any atom is -0.352 e. The Morgan fingerprint density at radius 3 is 2.35 bits per heavy atom. The van der Waals surface area contributed by atoms with Crippen LogP contribution in [0.4, 0.5) is 17.6 Å². The van der Waals surface area contributed by atoms with Crippen LogP contribution >= 0.6 is 0 Å². The van der Waals surface area contributed by atoms with E-state index < -0.39 is 30.9 Å². The summed E-state index contributed by atoms with van der Waals surface area (Å²) < 4.78 is 49.6. The molecule has 20 heavy (non-hydrogen) atoms. The third kappa shape index (κ3) is 3.26. The minimum atomic E-state index is -4.32. The van der Waals surface area contributed by atoms with Gasteiger partial charge in [0.1, 0.15) is 5.82 Å². The lowest BCUT2D eigenvalue weighted by atomic mass is 10.0. The molecule has 0 heterocycles. The number of nitrogens with one attached hydrogen (secondary N) is 1. The molecule has 2 nitrogen and oxygen atoms in total. The summed E-state index contributed by atoms with van der Waals surface area (Å²) in [6.45, 7) is -0.506. The first-order chi connectivity index (χ1) is 9.38. The summed E-state index contributed by atoms with van der Waals surface area (Å²) in [4.78, 5) is 11.9. The van der Waals surface area contributed by atoms with Gasteiger partial charge in [0.2, 0.25) is 0 Å². The molecule has 0 bridgehead atoms. The number of alkyl halides is 3. The van der Waals surface area contributed by atoms with Gasteiger partial charge >= 0.3 is 6.18 Å². The number of amides is 1. The Bertz CT molecular complexity index is 637. The van der Waals surface area contributed by atoms with E-state index in [0.29, 0.717) is 5.39 Å². The van der Waals surface area contributed by atoms with E-state index in [4.69, 9.17) is 0 Å². The van der Waals surface area contributed by atoms with Gasteiger partial charge in [-0.05, 0) is 17.5 Å². The van der Waals surface area contributed by atoms with Crippen LogP contribution < -0.4 is 5.32 Å². The van der Waals surface area contributed by atoms with Gasteiger partial charge in [-0.2, -0.15) is 13.2 Å². The van der Waals surface area contributed by atoms with Crippen LogP contribution in [-0.4, -0.2) is 18.6 Å². The van der Waals surface area contributed by atoms with Crippen molar-refractivity contribution in [3.63, 3.8) is 0 Å². The Hall–Kier alpha value is -2.11. The molecule has 1 amide bonds. The van der Waals surface area contributed by atoms with Gasteiger partial charge in [-0.15, -0.1) is 0 Å². The largest absolute Gasteiger partial charge is 0.390 e. The average Bonchev–Trinajstić information content (AvgIpc) is 2.38. The maximum Gasteiger partial charge on any atom is 0.390 e. The molecular weight excluding hydrogens is 274 g/mol. The van der Waals surface area contributed by atoms with E-state index in [1.165, 1.54) is 12.1 Å². The van der Waals surface area contributed by atoms with Crippen LogP contribution in [0.5, 0.6) is 0 Å². The number of hydrogen-bond acceptors (Lipinski definition) is 1. The molecule has 0 spiro atoms. The molecule has 6 heteroatoms. The Labute approximate surface area is 112 Å². The van der Waals surface area contributed by atoms with Gasteiger partial charge in [0.15, 0.2) is 0 Å². The Balaban J connectivity index is 2.21. The zero-order chi connectivity index (χ0) is 14.8. The summed E-state index contributed by atoms with van der Waals surface area (Å²) in [5.74, 6) is -1.13. The van der Waals surface area contributed by atoms with Crippen molar-refractivity contribution in [3.8, 4) is 0 Å². The smallest absolute Gasteiger partial charge is 0.352 e. The van der Waals surface area contributed by atoms with Gasteiger partial charge in [-0.1, -0.05) is 24.3 Å². The molecule has 2 aromatic rings. The number of carbonyl (C=O) groups excluding carboxylic acids is 1. The van der Waals surface area contributed by atoms with Crippen molar-refractivity contribution in [1.82, 2.24) is 5.32 Å². The van der Waals surface area contributed by atoms with Gasteiger partial charge in [-0.3, -0.25) is 4.79 Å². The Kier molecular flexibility index (Phi) is 3.92. The summed E-state index contributed by atoms with van der Waals surface area (Å²) >= 11 is 0. The molecule has 0 aliphatic rings. The zero-order valence-corrected chi connectivity index (χ0v) is 10.3. The number of benzene rings is 2. The summed E-state index contributed by atoms with van der Waals surface area (Å²) in [6, 6.07) is 8.71. The molecule has 0 fully saturated rings. The summed E-state index contributed by atoms with van der Waals surface area (Å²) in [7, 11) is 0. The van der Waals surface area contributed by atoms with Gasteiger partial charge < -0.3 is 5.32 Å². The molecule has 2 aromatic carbocycles. The first-order valence-electron chi connectivity index (χ1n) is 5.91. The topological polar surface area (TPSA) is 29.1 Å². The monoisotopic (exact) mass is 285 g/mol. The summed E-state index contributed by atoms with van der Waals surface area (Å²) in [6.07, 6.45) is -5.42. The highest BCUT2D eigenvalue weighted by Crippen LogP contribution is 2.22. The maximum atomic E-state index is 13.6. The van der Waals surface area contributed by atoms with Crippen molar-refractivity contribution in [1.29, 1.82) is 0 Å². The lowest BCUT2D eigenvalue weighted by Gasteiger charge is -2.10. The van der Waals surface area contributed by atoms with Crippen LogP contribution in [-0.2, 0) is 0 Å². The molecule has 1 N–H and O–H groups in total. The van der Waals surface area contributed by atoms with E-state index in [1.807, 2.05) is 0 Å². The average molecular weight is 285 g/mol. The molecule has 0 aliphatic carbocycles. The highest BCUT2D eigenvalue weighted by molar-refractivity contribution is 6.07. The second-order valence-corrected chi connectivity index (χ2v) is 4.26. The number of rotatable bonds is 3. The van der Waals surface area contributed by atoms with Gasteiger partial charge in [0, 0.05) is 17.5 Å². The maximum absolute atomic E-state index is 13.6. The Morgan fingerprint density at radius 1 is 1.05 bits per heavy atom. The predicted molar refractivity (Wildman–Crippen MR) is 66.9 cm³/mol. The molecule has 0 atom stereocenters. The van der Waals surface area contributed by atoms with Crippen LogP contribution in [0.15, 0.2) is 36.4 Å². The number of hydrogen-bond donors (Lipinski definition) is 1. The standard InChI is InChI=1S/C14H11F4NO/c15-12-6-5-11(9-3-1-2-4-10(9)12)13(20)19-8-7-14(16,17)18/h1-6H,7-8H2,(H,19,20). The minimum absolute atomic E-state index is 0.157. The molecular formula is C14H11F4NO. The fourth-order valence-electron chi connectivity index (χ4n) is 1.87. The second-order valence-electron chi connectivity index (χ2n) is 4.26. The highest BCUT2D eigenvalue weighted by Gasteiger charge is 2.26. The third-order valence-electron chi connectivity index (χ3n) is 2.81. The molecule has 0 aromatic heterocycles. The Morgan fingerprint density at radius 2 is 1.70 bits per heavy atom. The summed E-state index contributed by atoms with van der Waals surface area (Å²) in [5, 5.41) is 2.82. The molecule has 0 aliphatic heterocycles. The fourth-order valence-corrected chi connectivity index (χ4v) is 1.87. The van der Waals surface area contributed by atoms with Crippen molar-refractivity contribution in [3.05, 3.63) is 47.8 Å². The van der Waals surface area contributed by atoms with Crippen molar-refractivity contribution in [2.75, 3.05) is 6.54 Å². The van der Waals surface area contributed by atoms with E-state index in [2.05, 4.69) is 5.32 Å². The van der Waals surface area contributed by atoms with E-state index in [1.54, 1.807) is 18.2 Å². The van der Waals surface area contributed by atoms with Crippen LogP contribution in [0, 0.1) is 5.82 Å². The first-order valence-corrected chi connectivity index (χ1v) is 5.91. The molecule has 0 radical (unpaired) electrons. The number of fused-ring (bicyclic) bond motifs is 1. The van der Waals surface area contributed by atoms with Crippen molar-refractivity contribution in [2.24, 2.45) is 0 Å². The van der Waals surface area contributed by atoms with Gasteiger partial charge in [-0.25, -0.2) is 4.39 Å². The third-order valence-corrected chi connectivity index (χ3v) is 2.81. The van der Waals surface area contributed by atoms with Crippen LogP contribution in [0.1, 0.15) is 16.8 Å². The number of halogens is 4. The van der Waals surface area contributed by atoms with E-state index in [0.717, 1.165) is 6.07 Å². The highest BCUT2D eigenvalue weighted by atomic mass is 19.4. The molecule has 0 saturated heterocycles. The van der Waals surface area contributed by atoms with Crippen molar-refractivity contribution < 1.29 is 22.4 Å². The van der Waals surface area contributed by atoms with Crippen molar-refractivity contribution in [2.45, 2.75) is 12.6 Å². The zero-order valence-electron chi connectivity index (χ0n) is 10.3. The lowest BCUT2D eigenvalue weighted by molar-refractivity contribution is -0.132.